The van der Waals surface area contributed by atoms with Crippen LogP contribution in [0.3, 0.4) is 0 Å². The van der Waals surface area contributed by atoms with E-state index in [4.69, 9.17) is 14.0 Å². The van der Waals surface area contributed by atoms with Gasteiger partial charge in [0.2, 0.25) is 11.7 Å². The first kappa shape index (κ1) is 20.9. The molecule has 2 aromatic carbocycles. The van der Waals surface area contributed by atoms with Gasteiger partial charge in [-0.25, -0.2) is 0 Å². The largest absolute Gasteiger partial charge is 0.497 e. The van der Waals surface area contributed by atoms with Crippen molar-refractivity contribution in [2.45, 2.75) is 26.2 Å². The van der Waals surface area contributed by atoms with Crippen molar-refractivity contribution in [3.63, 3.8) is 0 Å². The van der Waals surface area contributed by atoms with Crippen LogP contribution in [0.5, 0.6) is 11.5 Å². The minimum Gasteiger partial charge on any atom is -0.497 e. The van der Waals surface area contributed by atoms with Gasteiger partial charge >= 0.3 is 0 Å². The van der Waals surface area contributed by atoms with Crippen molar-refractivity contribution >= 4 is 5.91 Å². The van der Waals surface area contributed by atoms with Gasteiger partial charge < -0.3 is 18.9 Å². The maximum atomic E-state index is 12.5. The Morgan fingerprint density at radius 1 is 1.06 bits per heavy atom. The lowest BCUT2D eigenvalue weighted by molar-refractivity contribution is -0.134. The van der Waals surface area contributed by atoms with Crippen molar-refractivity contribution < 1.29 is 18.8 Å². The maximum Gasteiger partial charge on any atom is 0.260 e. The van der Waals surface area contributed by atoms with Crippen LogP contribution in [-0.4, -0.2) is 47.8 Å². The summed E-state index contributed by atoms with van der Waals surface area (Å²) in [6, 6.07) is 15.3. The van der Waals surface area contributed by atoms with Crippen molar-refractivity contribution in [1.29, 1.82) is 0 Å². The summed E-state index contributed by atoms with van der Waals surface area (Å²) in [6.07, 6.45) is 2.55. The number of carbonyl (C=O) groups is 1. The van der Waals surface area contributed by atoms with Gasteiger partial charge in [-0.15, -0.1) is 0 Å². The standard InChI is InChI=1S/C24H27N3O4/c1-17-3-7-21(8-4-17)30-16-23(28)27-13-11-18(12-14-27)15-22-25-24(26-31-22)19-5-9-20(29-2)10-6-19/h3-10,18H,11-16H2,1-2H3. The fourth-order valence-corrected chi connectivity index (χ4v) is 3.70. The van der Waals surface area contributed by atoms with E-state index >= 15 is 0 Å². The molecule has 4 rings (SSSR count). The van der Waals surface area contributed by atoms with Crippen LogP contribution in [0.2, 0.25) is 0 Å². The molecule has 0 atom stereocenters. The van der Waals surface area contributed by atoms with Crippen molar-refractivity contribution in [2.24, 2.45) is 5.92 Å². The van der Waals surface area contributed by atoms with Crippen molar-refractivity contribution in [3.05, 3.63) is 60.0 Å². The van der Waals surface area contributed by atoms with Crippen LogP contribution in [0.15, 0.2) is 53.1 Å². The minimum atomic E-state index is 0.0265. The monoisotopic (exact) mass is 421 g/mol. The van der Waals surface area contributed by atoms with E-state index in [1.54, 1.807) is 7.11 Å². The van der Waals surface area contributed by atoms with Crippen molar-refractivity contribution in [3.8, 4) is 22.9 Å². The van der Waals surface area contributed by atoms with E-state index < -0.39 is 0 Å². The minimum absolute atomic E-state index is 0.0265. The number of aryl methyl sites for hydroxylation is 1. The molecule has 0 saturated carbocycles. The lowest BCUT2D eigenvalue weighted by Gasteiger charge is -2.31. The van der Waals surface area contributed by atoms with Gasteiger partial charge in [0.15, 0.2) is 6.61 Å². The van der Waals surface area contributed by atoms with E-state index in [2.05, 4.69) is 10.1 Å². The molecule has 0 spiro atoms. The second-order valence-electron chi connectivity index (χ2n) is 7.87. The highest BCUT2D eigenvalue weighted by Crippen LogP contribution is 2.24. The van der Waals surface area contributed by atoms with Gasteiger partial charge in [-0.05, 0) is 62.1 Å². The lowest BCUT2D eigenvalue weighted by Crippen LogP contribution is -2.41. The molecule has 31 heavy (non-hydrogen) atoms. The molecule has 2 heterocycles. The molecule has 0 bridgehead atoms. The molecule has 1 fully saturated rings. The summed E-state index contributed by atoms with van der Waals surface area (Å²) in [7, 11) is 1.64. The zero-order chi connectivity index (χ0) is 21.6. The van der Waals surface area contributed by atoms with Gasteiger partial charge in [-0.1, -0.05) is 22.9 Å². The summed E-state index contributed by atoms with van der Waals surface area (Å²) in [5.74, 6) is 3.18. The number of likely N-dealkylation sites (tertiary alicyclic amines) is 1. The number of methoxy groups -OCH3 is 1. The average Bonchev–Trinajstić information content (AvgIpc) is 3.27. The van der Waals surface area contributed by atoms with Crippen LogP contribution >= 0.6 is 0 Å². The van der Waals surface area contributed by atoms with E-state index in [1.165, 1.54) is 0 Å². The lowest BCUT2D eigenvalue weighted by atomic mass is 9.93. The maximum absolute atomic E-state index is 12.5. The second kappa shape index (κ2) is 9.64. The molecule has 0 N–H and O–H groups in total. The number of piperidine rings is 1. The van der Waals surface area contributed by atoms with Crippen LogP contribution in [-0.2, 0) is 11.2 Å². The van der Waals surface area contributed by atoms with Gasteiger partial charge in [0.25, 0.3) is 5.91 Å². The van der Waals surface area contributed by atoms with E-state index in [-0.39, 0.29) is 12.5 Å². The molecular weight excluding hydrogens is 394 g/mol. The summed E-state index contributed by atoms with van der Waals surface area (Å²) in [4.78, 5) is 18.9. The zero-order valence-electron chi connectivity index (χ0n) is 17.9. The predicted molar refractivity (Wildman–Crippen MR) is 116 cm³/mol. The van der Waals surface area contributed by atoms with Crippen LogP contribution in [0.25, 0.3) is 11.4 Å². The predicted octanol–water partition coefficient (Wildman–Crippen LogP) is 3.91. The van der Waals surface area contributed by atoms with Crippen molar-refractivity contribution in [1.82, 2.24) is 15.0 Å². The topological polar surface area (TPSA) is 77.7 Å². The van der Waals surface area contributed by atoms with Crippen molar-refractivity contribution in [2.75, 3.05) is 26.8 Å². The highest BCUT2D eigenvalue weighted by atomic mass is 16.5. The Bertz CT molecular complexity index is 990. The number of nitrogens with zero attached hydrogens (tertiary/aromatic N) is 3. The first-order valence-electron chi connectivity index (χ1n) is 10.5. The molecule has 7 heteroatoms. The molecule has 1 aliphatic rings. The normalized spacial score (nSPS) is 14.5. The SMILES string of the molecule is COc1ccc(-c2noc(CC3CCN(C(=O)COc4ccc(C)cc4)CC3)n2)cc1. The first-order chi connectivity index (χ1) is 15.1. The highest BCUT2D eigenvalue weighted by Gasteiger charge is 2.25. The first-order valence-corrected chi connectivity index (χ1v) is 10.5. The average molecular weight is 421 g/mol. The van der Waals surface area contributed by atoms with Crippen LogP contribution in [0, 0.1) is 12.8 Å². The Labute approximate surface area is 182 Å². The number of amides is 1. The molecular formula is C24H27N3O4. The third-order valence-corrected chi connectivity index (χ3v) is 5.63. The van der Waals surface area contributed by atoms with E-state index in [1.807, 2.05) is 60.4 Å². The Kier molecular flexibility index (Phi) is 6.50. The summed E-state index contributed by atoms with van der Waals surface area (Å²) in [5.41, 5.74) is 2.06. The highest BCUT2D eigenvalue weighted by molar-refractivity contribution is 5.77. The van der Waals surface area contributed by atoms with Crippen LogP contribution < -0.4 is 9.47 Å². The van der Waals surface area contributed by atoms with Gasteiger partial charge in [0.05, 0.1) is 7.11 Å². The van der Waals surface area contributed by atoms with Gasteiger partial charge in [0, 0.05) is 25.1 Å². The number of benzene rings is 2. The molecule has 1 aliphatic heterocycles. The number of hydrogen-bond donors (Lipinski definition) is 0. The number of aromatic nitrogens is 2. The molecule has 162 valence electrons. The van der Waals surface area contributed by atoms with E-state index in [0.29, 0.717) is 17.6 Å². The molecule has 0 aliphatic carbocycles. The summed E-state index contributed by atoms with van der Waals surface area (Å²) in [6.45, 7) is 3.54. The Hall–Kier alpha value is -3.35. The van der Waals surface area contributed by atoms with E-state index in [9.17, 15) is 4.79 Å². The van der Waals surface area contributed by atoms with Crippen LogP contribution in [0.1, 0.15) is 24.3 Å². The second-order valence-corrected chi connectivity index (χ2v) is 7.87. The van der Waals surface area contributed by atoms with Gasteiger partial charge in [-0.2, -0.15) is 4.98 Å². The molecule has 7 nitrogen and oxygen atoms in total. The number of carbonyl (C=O) groups excluding carboxylic acids is 1. The van der Waals surface area contributed by atoms with Gasteiger partial charge in [-0.3, -0.25) is 4.79 Å². The molecule has 3 aromatic rings. The number of rotatable bonds is 7. The Balaban J connectivity index is 1.24. The van der Waals surface area contributed by atoms with Gasteiger partial charge in [0.1, 0.15) is 11.5 Å². The summed E-state index contributed by atoms with van der Waals surface area (Å²) in [5, 5.41) is 4.10. The molecule has 0 radical (unpaired) electrons. The van der Waals surface area contributed by atoms with Crippen LogP contribution in [0.4, 0.5) is 0 Å². The molecule has 1 amide bonds. The van der Waals surface area contributed by atoms with E-state index in [0.717, 1.165) is 55.0 Å². The molecule has 0 unspecified atom stereocenters. The quantitative estimate of drug-likeness (QED) is 0.576. The Morgan fingerprint density at radius 3 is 2.42 bits per heavy atom. The molecule has 1 aromatic heterocycles. The molecule has 1 saturated heterocycles. The smallest absolute Gasteiger partial charge is 0.260 e. The third-order valence-electron chi connectivity index (χ3n) is 5.63. The number of hydrogen-bond acceptors (Lipinski definition) is 6. The third kappa shape index (κ3) is 5.42. The fraction of sp³-hybridized carbons (Fsp3) is 0.375. The summed E-state index contributed by atoms with van der Waals surface area (Å²) >= 11 is 0. The summed E-state index contributed by atoms with van der Waals surface area (Å²) < 4.78 is 16.3. The Morgan fingerprint density at radius 2 is 1.74 bits per heavy atom. The fourth-order valence-electron chi connectivity index (χ4n) is 3.70. The number of ether oxygens (including phenoxy) is 2. The zero-order valence-corrected chi connectivity index (χ0v) is 17.9.